The number of thiocarbonyl (C=S) groups is 2. The van der Waals surface area contributed by atoms with Crippen molar-refractivity contribution < 1.29 is 19.1 Å². The lowest BCUT2D eigenvalue weighted by atomic mass is 10.1. The average molecular weight is 302 g/mol. The molecule has 0 radical (unpaired) electrons. The molecule has 0 aliphatic rings. The van der Waals surface area contributed by atoms with E-state index in [-0.39, 0.29) is 19.2 Å². The minimum absolute atomic E-state index is 0.0509. The third-order valence-electron chi connectivity index (χ3n) is 2.15. The van der Waals surface area contributed by atoms with E-state index < -0.39 is 5.97 Å². The molecule has 19 heavy (non-hydrogen) atoms. The number of hydrogen-bond donors (Lipinski definition) is 0. The normalized spacial score (nSPS) is 9.47. The van der Waals surface area contributed by atoms with Gasteiger partial charge in [-0.25, -0.2) is 4.79 Å². The van der Waals surface area contributed by atoms with Crippen molar-refractivity contribution in [1.29, 1.82) is 0 Å². The van der Waals surface area contributed by atoms with Crippen LogP contribution < -0.4 is 0 Å². The summed E-state index contributed by atoms with van der Waals surface area (Å²) in [5, 5.41) is 1.61. The van der Waals surface area contributed by atoms with Gasteiger partial charge in [0.05, 0.1) is 0 Å². The minimum atomic E-state index is -0.525. The number of rotatable bonds is 11. The molecule has 0 heterocycles. The Kier molecular flexibility index (Phi) is 11.2. The molecule has 0 N–H and O–H groups in total. The van der Waals surface area contributed by atoms with Crippen molar-refractivity contribution in [3.8, 4) is 0 Å². The first-order chi connectivity index (χ1) is 9.10. The summed E-state index contributed by atoms with van der Waals surface area (Å²) < 4.78 is 9.55. The van der Waals surface area contributed by atoms with Crippen molar-refractivity contribution >= 4 is 46.6 Å². The van der Waals surface area contributed by atoms with Crippen molar-refractivity contribution in [2.45, 2.75) is 32.1 Å². The Morgan fingerprint density at radius 1 is 1.11 bits per heavy atom. The molecule has 0 aliphatic heterocycles. The van der Waals surface area contributed by atoms with Gasteiger partial charge < -0.3 is 9.47 Å². The number of hydrogen-bond acceptors (Lipinski definition) is 6. The average Bonchev–Trinajstić information content (AvgIpc) is 2.39. The second-order valence-electron chi connectivity index (χ2n) is 3.71. The second-order valence-corrected chi connectivity index (χ2v) is 4.62. The summed E-state index contributed by atoms with van der Waals surface area (Å²) in [4.78, 5) is 22.9. The Hall–Kier alpha value is -1.14. The maximum Gasteiger partial charge on any atom is 0.330 e. The summed E-state index contributed by atoms with van der Waals surface area (Å²) in [6.45, 7) is 3.37. The third kappa shape index (κ3) is 11.7. The van der Waals surface area contributed by atoms with E-state index >= 15 is 0 Å². The molecule has 0 atom stereocenters. The molecular weight excluding hydrogens is 284 g/mol. The van der Waals surface area contributed by atoms with Crippen LogP contribution in [0.15, 0.2) is 12.7 Å². The van der Waals surface area contributed by atoms with Crippen LogP contribution in [-0.2, 0) is 19.1 Å². The van der Waals surface area contributed by atoms with Crippen molar-refractivity contribution in [3.05, 3.63) is 12.7 Å². The molecule has 0 fully saturated rings. The highest BCUT2D eigenvalue weighted by Crippen LogP contribution is 2.04. The lowest BCUT2D eigenvalue weighted by molar-refractivity contribution is -0.149. The topological polar surface area (TPSA) is 52.6 Å². The smallest absolute Gasteiger partial charge is 0.330 e. The molecule has 0 aliphatic carbocycles. The lowest BCUT2D eigenvalue weighted by Crippen LogP contribution is -2.12. The molecule has 0 bridgehead atoms. The van der Waals surface area contributed by atoms with Gasteiger partial charge >= 0.3 is 11.9 Å². The van der Waals surface area contributed by atoms with Crippen LogP contribution in [0.1, 0.15) is 32.1 Å². The Morgan fingerprint density at radius 3 is 2.37 bits per heavy atom. The van der Waals surface area contributed by atoms with E-state index in [0.29, 0.717) is 12.8 Å². The first kappa shape index (κ1) is 17.9. The van der Waals surface area contributed by atoms with E-state index in [4.69, 9.17) is 29.2 Å². The van der Waals surface area contributed by atoms with E-state index in [1.165, 1.54) is 0 Å². The SMILES string of the molecule is C=CC(=O)OCCOC(=O)CCCCC(=S)CC=S. The van der Waals surface area contributed by atoms with Crippen molar-refractivity contribution in [3.63, 3.8) is 0 Å². The van der Waals surface area contributed by atoms with Crippen molar-refractivity contribution in [1.82, 2.24) is 0 Å². The zero-order valence-electron chi connectivity index (χ0n) is 10.8. The lowest BCUT2D eigenvalue weighted by Gasteiger charge is -2.05. The van der Waals surface area contributed by atoms with Gasteiger partial charge in [0, 0.05) is 18.9 Å². The molecule has 0 saturated heterocycles. The summed E-state index contributed by atoms with van der Waals surface area (Å²) >= 11 is 9.79. The van der Waals surface area contributed by atoms with Crippen molar-refractivity contribution in [2.75, 3.05) is 13.2 Å². The van der Waals surface area contributed by atoms with Gasteiger partial charge in [-0.2, -0.15) is 0 Å². The summed E-state index contributed by atoms with van der Waals surface area (Å²) in [5.41, 5.74) is 0. The largest absolute Gasteiger partial charge is 0.462 e. The maximum absolute atomic E-state index is 11.3. The van der Waals surface area contributed by atoms with Crippen LogP contribution in [0.5, 0.6) is 0 Å². The maximum atomic E-state index is 11.3. The number of unbranched alkanes of at least 4 members (excludes halogenated alkanes) is 1. The van der Waals surface area contributed by atoms with Crippen molar-refractivity contribution in [2.24, 2.45) is 0 Å². The van der Waals surface area contributed by atoms with E-state index in [2.05, 4.69) is 11.3 Å². The molecular formula is C13H18O4S2. The summed E-state index contributed by atoms with van der Waals surface area (Å²) in [5.74, 6) is -0.821. The Labute approximate surface area is 124 Å². The highest BCUT2D eigenvalue weighted by molar-refractivity contribution is 7.81. The fourth-order valence-corrected chi connectivity index (χ4v) is 1.75. The standard InChI is InChI=1S/C13H18O4S2/c1-2-12(14)16-8-9-17-13(15)6-4-3-5-11(19)7-10-18/h2,10H,1,3-9H2. The van der Waals surface area contributed by atoms with Crippen LogP contribution >= 0.6 is 24.4 Å². The van der Waals surface area contributed by atoms with Crippen LogP contribution in [-0.4, -0.2) is 35.4 Å². The quantitative estimate of drug-likeness (QED) is 0.253. The Balaban J connectivity index is 3.44. The van der Waals surface area contributed by atoms with E-state index in [1.807, 2.05) is 0 Å². The molecule has 0 amide bonds. The van der Waals surface area contributed by atoms with E-state index in [9.17, 15) is 9.59 Å². The molecule has 4 nitrogen and oxygen atoms in total. The minimum Gasteiger partial charge on any atom is -0.462 e. The molecule has 6 heteroatoms. The number of carbonyl (C=O) groups is 2. The number of carbonyl (C=O) groups excluding carboxylic acids is 2. The van der Waals surface area contributed by atoms with E-state index in [0.717, 1.165) is 30.2 Å². The molecule has 0 aromatic carbocycles. The molecule has 0 spiro atoms. The highest BCUT2D eigenvalue weighted by Gasteiger charge is 2.04. The van der Waals surface area contributed by atoms with Crippen LogP contribution in [0.25, 0.3) is 0 Å². The molecule has 0 unspecified atom stereocenters. The summed E-state index contributed by atoms with van der Waals surface area (Å²) in [7, 11) is 0. The number of ether oxygens (including phenoxy) is 2. The molecule has 0 aromatic rings. The fraction of sp³-hybridized carbons (Fsp3) is 0.538. The molecule has 0 saturated carbocycles. The zero-order chi connectivity index (χ0) is 14.5. The molecule has 0 aromatic heterocycles. The first-order valence-electron chi connectivity index (χ1n) is 6.00. The Bertz CT molecular complexity index is 340. The molecule has 106 valence electrons. The van der Waals surface area contributed by atoms with Gasteiger partial charge in [0.15, 0.2) is 0 Å². The second kappa shape index (κ2) is 11.9. The fourth-order valence-electron chi connectivity index (χ4n) is 1.22. The number of esters is 2. The van der Waals surface area contributed by atoms with Crippen LogP contribution in [0, 0.1) is 0 Å². The third-order valence-corrected chi connectivity index (χ3v) is 2.69. The van der Waals surface area contributed by atoms with Crippen LogP contribution in [0.3, 0.4) is 0 Å². The predicted octanol–water partition coefficient (Wildman–Crippen LogP) is 2.58. The summed E-state index contributed by atoms with van der Waals surface area (Å²) in [6.07, 6.45) is 4.45. The van der Waals surface area contributed by atoms with Crippen LogP contribution in [0.4, 0.5) is 0 Å². The van der Waals surface area contributed by atoms with Gasteiger partial charge in [0.1, 0.15) is 13.2 Å². The predicted molar refractivity (Wildman–Crippen MR) is 81.5 cm³/mol. The van der Waals surface area contributed by atoms with Crippen LogP contribution in [0.2, 0.25) is 0 Å². The van der Waals surface area contributed by atoms with Gasteiger partial charge in [0.2, 0.25) is 0 Å². The van der Waals surface area contributed by atoms with Gasteiger partial charge in [-0.3, -0.25) is 4.79 Å². The van der Waals surface area contributed by atoms with Gasteiger partial charge in [-0.05, 0) is 29.5 Å². The monoisotopic (exact) mass is 302 g/mol. The van der Waals surface area contributed by atoms with Gasteiger partial charge in [0.25, 0.3) is 0 Å². The van der Waals surface area contributed by atoms with E-state index in [1.54, 1.807) is 5.37 Å². The zero-order valence-corrected chi connectivity index (χ0v) is 12.4. The van der Waals surface area contributed by atoms with Gasteiger partial charge in [-0.1, -0.05) is 31.0 Å². The summed E-state index contributed by atoms with van der Waals surface area (Å²) in [6, 6.07) is 0. The highest BCUT2D eigenvalue weighted by atomic mass is 32.1. The molecule has 0 rings (SSSR count). The van der Waals surface area contributed by atoms with Gasteiger partial charge in [-0.15, -0.1) is 0 Å². The first-order valence-corrected chi connectivity index (χ1v) is 6.88. The Morgan fingerprint density at radius 2 is 1.74 bits per heavy atom.